The number of H-pyrrole nitrogens is 1. The van der Waals surface area contributed by atoms with Crippen LogP contribution < -0.4 is 5.32 Å². The fraction of sp³-hybridized carbons (Fsp3) is 0.579. The Labute approximate surface area is 160 Å². The van der Waals surface area contributed by atoms with E-state index >= 15 is 0 Å². The third-order valence-corrected chi connectivity index (χ3v) is 7.09. The summed E-state index contributed by atoms with van der Waals surface area (Å²) in [6.07, 6.45) is 3.15. The molecule has 2 aromatic rings. The summed E-state index contributed by atoms with van der Waals surface area (Å²) in [5.41, 5.74) is 2.30. The van der Waals surface area contributed by atoms with Crippen molar-refractivity contribution in [2.45, 2.75) is 39.5 Å². The van der Waals surface area contributed by atoms with Crippen LogP contribution in [0.3, 0.4) is 0 Å². The Hall–Kier alpha value is -1.93. The van der Waals surface area contributed by atoms with Gasteiger partial charge in [0.15, 0.2) is 0 Å². The lowest BCUT2D eigenvalue weighted by Gasteiger charge is -2.31. The molecule has 0 bridgehead atoms. The number of carbonyl (C=O) groups excluding carboxylic acids is 1. The zero-order valence-electron chi connectivity index (χ0n) is 16.0. The van der Waals surface area contributed by atoms with Crippen LogP contribution in [0.5, 0.6) is 0 Å². The Morgan fingerprint density at radius 3 is 2.78 bits per heavy atom. The lowest BCUT2D eigenvalue weighted by Crippen LogP contribution is -2.42. The smallest absolute Gasteiger partial charge is 0.251 e. The lowest BCUT2D eigenvalue weighted by atomic mass is 9.98. The normalized spacial score (nSPS) is 16.7. The molecule has 0 aliphatic carbocycles. The van der Waals surface area contributed by atoms with E-state index in [9.17, 15) is 13.2 Å². The van der Waals surface area contributed by atoms with Crippen LogP contribution in [-0.4, -0.2) is 54.0 Å². The van der Waals surface area contributed by atoms with Crippen LogP contribution in [0.4, 0.5) is 0 Å². The molecule has 3 rings (SSSR count). The quantitative estimate of drug-likeness (QED) is 0.757. The standard InChI is InChI=1S/C19H28N4O3S/c1-3-4-11-27(25,26)23-9-7-15(8-10-23)13-20-19(24)16-5-6-17-18(12-16)22-14(2)21-17/h5-6,12,15H,3-4,7-11,13H2,1-2H3,(H,20,24)(H,21,22). The van der Waals surface area contributed by atoms with Gasteiger partial charge in [-0.25, -0.2) is 17.7 Å². The van der Waals surface area contributed by atoms with Crippen molar-refractivity contribution in [2.24, 2.45) is 5.92 Å². The number of hydrogen-bond donors (Lipinski definition) is 2. The molecule has 8 heteroatoms. The van der Waals surface area contributed by atoms with Gasteiger partial charge >= 0.3 is 0 Å². The van der Waals surface area contributed by atoms with Crippen LogP contribution in [0.1, 0.15) is 48.8 Å². The third kappa shape index (κ3) is 4.87. The fourth-order valence-corrected chi connectivity index (χ4v) is 5.14. The van der Waals surface area contributed by atoms with Crippen LogP contribution in [0.15, 0.2) is 18.2 Å². The second-order valence-electron chi connectivity index (χ2n) is 7.28. The van der Waals surface area contributed by atoms with Crippen LogP contribution in [0.25, 0.3) is 11.0 Å². The van der Waals surface area contributed by atoms with Gasteiger partial charge in [-0.1, -0.05) is 13.3 Å². The Morgan fingerprint density at radius 1 is 1.33 bits per heavy atom. The van der Waals surface area contributed by atoms with E-state index in [-0.39, 0.29) is 11.7 Å². The van der Waals surface area contributed by atoms with Gasteiger partial charge in [0.2, 0.25) is 10.0 Å². The van der Waals surface area contributed by atoms with E-state index in [1.54, 1.807) is 10.4 Å². The highest BCUT2D eigenvalue weighted by Gasteiger charge is 2.27. The number of fused-ring (bicyclic) bond motifs is 1. The number of hydrogen-bond acceptors (Lipinski definition) is 4. The first-order valence-electron chi connectivity index (χ1n) is 9.61. The third-order valence-electron chi connectivity index (χ3n) is 5.14. The van der Waals surface area contributed by atoms with E-state index in [1.807, 2.05) is 26.0 Å². The molecule has 2 heterocycles. The Morgan fingerprint density at radius 2 is 2.07 bits per heavy atom. The molecule has 27 heavy (non-hydrogen) atoms. The molecule has 1 aromatic heterocycles. The molecular formula is C19H28N4O3S. The molecule has 1 amide bonds. The van der Waals surface area contributed by atoms with Gasteiger partial charge in [-0.05, 0) is 50.3 Å². The summed E-state index contributed by atoms with van der Waals surface area (Å²) in [5.74, 6) is 1.26. The molecule has 2 N–H and O–H groups in total. The summed E-state index contributed by atoms with van der Waals surface area (Å²) in [6, 6.07) is 5.43. The van der Waals surface area contributed by atoms with Gasteiger partial charge in [-0.3, -0.25) is 4.79 Å². The first-order chi connectivity index (χ1) is 12.9. The Bertz CT molecular complexity index is 899. The number of sulfonamides is 1. The highest BCUT2D eigenvalue weighted by molar-refractivity contribution is 7.89. The molecule has 0 radical (unpaired) electrons. The van der Waals surface area contributed by atoms with Crippen molar-refractivity contribution >= 4 is 27.0 Å². The van der Waals surface area contributed by atoms with Crippen molar-refractivity contribution < 1.29 is 13.2 Å². The molecule has 1 fully saturated rings. The molecule has 0 unspecified atom stereocenters. The van der Waals surface area contributed by atoms with Crippen LogP contribution in [-0.2, 0) is 10.0 Å². The summed E-state index contributed by atoms with van der Waals surface area (Å²) >= 11 is 0. The number of aromatic amines is 1. The predicted octanol–water partition coefficient (Wildman–Crippen LogP) is 2.44. The summed E-state index contributed by atoms with van der Waals surface area (Å²) in [6.45, 7) is 5.55. The highest BCUT2D eigenvalue weighted by atomic mass is 32.2. The molecule has 1 aromatic carbocycles. The number of aromatic nitrogens is 2. The average molecular weight is 393 g/mol. The van der Waals surface area contributed by atoms with Gasteiger partial charge in [0, 0.05) is 25.2 Å². The highest BCUT2D eigenvalue weighted by Crippen LogP contribution is 2.20. The minimum atomic E-state index is -3.13. The summed E-state index contributed by atoms with van der Waals surface area (Å²) in [5, 5.41) is 2.99. The molecule has 7 nitrogen and oxygen atoms in total. The number of carbonyl (C=O) groups is 1. The zero-order chi connectivity index (χ0) is 19.4. The number of benzene rings is 1. The monoisotopic (exact) mass is 392 g/mol. The number of rotatable bonds is 7. The fourth-order valence-electron chi connectivity index (χ4n) is 3.46. The lowest BCUT2D eigenvalue weighted by molar-refractivity contribution is 0.0941. The number of nitrogens with one attached hydrogen (secondary N) is 2. The second kappa shape index (κ2) is 8.39. The first kappa shape index (κ1) is 19.8. The van der Waals surface area contributed by atoms with Crippen LogP contribution >= 0.6 is 0 Å². The molecule has 1 aliphatic heterocycles. The van der Waals surface area contributed by atoms with Gasteiger partial charge in [0.05, 0.1) is 16.8 Å². The molecule has 0 atom stereocenters. The number of nitrogens with zero attached hydrogens (tertiary/aromatic N) is 2. The van der Waals surface area contributed by atoms with Gasteiger partial charge < -0.3 is 10.3 Å². The van der Waals surface area contributed by atoms with Crippen molar-refractivity contribution in [3.05, 3.63) is 29.6 Å². The first-order valence-corrected chi connectivity index (χ1v) is 11.2. The van der Waals surface area contributed by atoms with E-state index < -0.39 is 10.0 Å². The summed E-state index contributed by atoms with van der Waals surface area (Å²) in [4.78, 5) is 19.9. The van der Waals surface area contributed by atoms with E-state index in [2.05, 4.69) is 15.3 Å². The minimum absolute atomic E-state index is 0.109. The maximum absolute atomic E-state index is 12.4. The van der Waals surface area contributed by atoms with Gasteiger partial charge in [0.1, 0.15) is 5.82 Å². The van der Waals surface area contributed by atoms with Gasteiger partial charge in [0.25, 0.3) is 5.91 Å². The molecule has 0 saturated carbocycles. The van der Waals surface area contributed by atoms with Gasteiger partial charge in [-0.2, -0.15) is 0 Å². The number of amides is 1. The second-order valence-corrected chi connectivity index (χ2v) is 9.36. The maximum atomic E-state index is 12.4. The summed E-state index contributed by atoms with van der Waals surface area (Å²) in [7, 11) is -3.13. The van der Waals surface area contributed by atoms with Gasteiger partial charge in [-0.15, -0.1) is 0 Å². The molecular weight excluding hydrogens is 364 g/mol. The van der Waals surface area contributed by atoms with Crippen molar-refractivity contribution in [3.63, 3.8) is 0 Å². The van der Waals surface area contributed by atoms with Crippen LogP contribution in [0.2, 0.25) is 0 Å². The van der Waals surface area contributed by atoms with E-state index in [1.165, 1.54) is 0 Å². The number of piperidine rings is 1. The number of unbranched alkanes of at least 4 members (excludes halogenated alkanes) is 1. The Kier molecular flexibility index (Phi) is 6.16. The van der Waals surface area contributed by atoms with Crippen molar-refractivity contribution in [2.75, 3.05) is 25.4 Å². The molecule has 1 saturated heterocycles. The van der Waals surface area contributed by atoms with E-state index in [0.717, 1.165) is 36.1 Å². The molecule has 1 aliphatic rings. The summed E-state index contributed by atoms with van der Waals surface area (Å²) < 4.78 is 26.1. The zero-order valence-corrected chi connectivity index (χ0v) is 16.8. The maximum Gasteiger partial charge on any atom is 0.251 e. The average Bonchev–Trinajstić information content (AvgIpc) is 3.04. The van der Waals surface area contributed by atoms with Crippen LogP contribution in [0, 0.1) is 12.8 Å². The Balaban J connectivity index is 1.50. The molecule has 0 spiro atoms. The number of imidazole rings is 1. The number of aryl methyl sites for hydroxylation is 1. The predicted molar refractivity (Wildman–Crippen MR) is 106 cm³/mol. The SMILES string of the molecule is CCCCS(=O)(=O)N1CCC(CNC(=O)c2ccc3nc(C)[nH]c3c2)CC1. The minimum Gasteiger partial charge on any atom is -0.352 e. The largest absolute Gasteiger partial charge is 0.352 e. The topological polar surface area (TPSA) is 95.2 Å². The van der Waals surface area contributed by atoms with E-state index in [4.69, 9.17) is 0 Å². The molecule has 148 valence electrons. The van der Waals surface area contributed by atoms with E-state index in [0.29, 0.717) is 37.5 Å². The van der Waals surface area contributed by atoms with Crippen molar-refractivity contribution in [1.82, 2.24) is 19.6 Å². The van der Waals surface area contributed by atoms with Crippen molar-refractivity contribution in [1.29, 1.82) is 0 Å². The van der Waals surface area contributed by atoms with Crippen molar-refractivity contribution in [3.8, 4) is 0 Å².